The summed E-state index contributed by atoms with van der Waals surface area (Å²) in [5, 5.41) is 13.1. The van der Waals surface area contributed by atoms with Crippen molar-refractivity contribution >= 4 is 34.4 Å². The molecule has 164 valence electrons. The summed E-state index contributed by atoms with van der Waals surface area (Å²) in [4.78, 5) is 21.3. The number of hydrogen-bond acceptors (Lipinski definition) is 6. The molecule has 0 spiro atoms. The van der Waals surface area contributed by atoms with Gasteiger partial charge in [0.25, 0.3) is 5.91 Å². The zero-order chi connectivity index (χ0) is 22.8. The largest absolute Gasteiger partial charge is 0.484 e. The average Bonchev–Trinajstić information content (AvgIpc) is 3.41. The van der Waals surface area contributed by atoms with Gasteiger partial charge >= 0.3 is 0 Å². The molecule has 0 radical (unpaired) electrons. The molecule has 0 atom stereocenters. The lowest BCUT2D eigenvalue weighted by molar-refractivity contribution is -0.118. The summed E-state index contributed by atoms with van der Waals surface area (Å²) in [6.45, 7) is 1.69. The number of halogens is 1. The van der Waals surface area contributed by atoms with Gasteiger partial charge in [-0.25, -0.2) is 14.6 Å². The van der Waals surface area contributed by atoms with E-state index >= 15 is 0 Å². The van der Waals surface area contributed by atoms with Crippen molar-refractivity contribution in [1.29, 1.82) is 0 Å². The number of nitrogens with zero attached hydrogens (tertiary/aromatic N) is 6. The molecular weight excluding hydrogens is 442 g/mol. The van der Waals surface area contributed by atoms with E-state index in [9.17, 15) is 4.79 Å². The van der Waals surface area contributed by atoms with Crippen LogP contribution in [-0.2, 0) is 4.79 Å². The third kappa shape index (κ3) is 4.26. The second-order valence-corrected chi connectivity index (χ2v) is 7.64. The van der Waals surface area contributed by atoms with E-state index in [0.29, 0.717) is 39.1 Å². The Balaban J connectivity index is 1.45. The number of carbonyl (C=O) groups excluding carboxylic acids is 1. The van der Waals surface area contributed by atoms with Crippen LogP contribution in [0.3, 0.4) is 0 Å². The highest BCUT2D eigenvalue weighted by Crippen LogP contribution is 2.25. The molecule has 0 fully saturated rings. The van der Waals surface area contributed by atoms with Gasteiger partial charge in [0.2, 0.25) is 0 Å². The number of hydrogen-bond donors (Lipinski definition) is 1. The van der Waals surface area contributed by atoms with Crippen LogP contribution in [0, 0.1) is 6.92 Å². The van der Waals surface area contributed by atoms with Crippen LogP contribution in [0.15, 0.2) is 73.2 Å². The standard InChI is InChI=1S/C23H18ClN7O2/c1-15-10-20(28-21(32)13-33-18-8-3-2-4-9-18)31(29-15)23-19-12-27-30(22(19)25-14-26-23)17-7-5-6-16(24)11-17/h2-12,14H,13H2,1H3,(H,28,32). The van der Waals surface area contributed by atoms with Gasteiger partial charge in [-0.15, -0.1) is 0 Å². The Morgan fingerprint density at radius 2 is 1.91 bits per heavy atom. The molecule has 10 heteroatoms. The monoisotopic (exact) mass is 459 g/mol. The maximum absolute atomic E-state index is 12.5. The van der Waals surface area contributed by atoms with Gasteiger partial charge in [0.15, 0.2) is 18.1 Å². The minimum absolute atomic E-state index is 0.139. The number of carbonyl (C=O) groups is 1. The number of aryl methyl sites for hydroxylation is 1. The van der Waals surface area contributed by atoms with Crippen LogP contribution in [0.2, 0.25) is 5.02 Å². The highest BCUT2D eigenvalue weighted by molar-refractivity contribution is 6.30. The third-order valence-corrected chi connectivity index (χ3v) is 5.05. The van der Waals surface area contributed by atoms with Gasteiger partial charge < -0.3 is 10.1 Å². The minimum Gasteiger partial charge on any atom is -0.484 e. The second kappa shape index (κ2) is 8.71. The Kier molecular flexibility index (Phi) is 5.45. The summed E-state index contributed by atoms with van der Waals surface area (Å²) in [5.74, 6) is 1.24. The van der Waals surface area contributed by atoms with Gasteiger partial charge in [0.1, 0.15) is 17.9 Å². The molecule has 0 aliphatic heterocycles. The molecule has 0 aliphatic rings. The highest BCUT2D eigenvalue weighted by atomic mass is 35.5. The van der Waals surface area contributed by atoms with Crippen molar-refractivity contribution in [2.24, 2.45) is 0 Å². The molecule has 1 N–H and O–H groups in total. The number of benzene rings is 2. The summed E-state index contributed by atoms with van der Waals surface area (Å²) in [6, 6.07) is 18.2. The first-order valence-corrected chi connectivity index (χ1v) is 10.5. The zero-order valence-corrected chi connectivity index (χ0v) is 18.3. The van der Waals surface area contributed by atoms with Crippen LogP contribution in [0.1, 0.15) is 5.69 Å². The van der Waals surface area contributed by atoms with Crippen molar-refractivity contribution in [2.75, 3.05) is 11.9 Å². The van der Waals surface area contributed by atoms with Gasteiger partial charge in [0.05, 0.1) is 23.0 Å². The molecule has 2 aromatic carbocycles. The Morgan fingerprint density at radius 3 is 2.73 bits per heavy atom. The molecule has 0 aliphatic carbocycles. The number of aromatic nitrogens is 6. The van der Waals surface area contributed by atoms with Crippen LogP contribution < -0.4 is 10.1 Å². The first-order chi connectivity index (χ1) is 16.1. The Hall–Kier alpha value is -4.24. The first kappa shape index (κ1) is 20.7. The Morgan fingerprint density at radius 1 is 1.06 bits per heavy atom. The number of amides is 1. The van der Waals surface area contributed by atoms with E-state index in [4.69, 9.17) is 16.3 Å². The van der Waals surface area contributed by atoms with Crippen LogP contribution in [0.4, 0.5) is 5.82 Å². The van der Waals surface area contributed by atoms with Gasteiger partial charge in [-0.1, -0.05) is 35.9 Å². The van der Waals surface area contributed by atoms with E-state index in [1.54, 1.807) is 45.9 Å². The minimum atomic E-state index is -0.320. The average molecular weight is 460 g/mol. The van der Waals surface area contributed by atoms with Crippen LogP contribution >= 0.6 is 11.6 Å². The fourth-order valence-corrected chi connectivity index (χ4v) is 3.58. The quantitative estimate of drug-likeness (QED) is 0.412. The molecule has 3 heterocycles. The fourth-order valence-electron chi connectivity index (χ4n) is 3.39. The molecule has 0 saturated carbocycles. The summed E-state index contributed by atoms with van der Waals surface area (Å²) < 4.78 is 8.77. The maximum Gasteiger partial charge on any atom is 0.263 e. The number of nitrogens with one attached hydrogen (secondary N) is 1. The topological polar surface area (TPSA) is 99.7 Å². The van der Waals surface area contributed by atoms with Crippen molar-refractivity contribution in [3.8, 4) is 17.3 Å². The molecule has 3 aromatic heterocycles. The summed E-state index contributed by atoms with van der Waals surface area (Å²) in [6.07, 6.45) is 3.09. The highest BCUT2D eigenvalue weighted by Gasteiger charge is 2.18. The molecule has 5 aromatic rings. The molecular formula is C23H18ClN7O2. The predicted octanol–water partition coefficient (Wildman–Crippen LogP) is 3.98. The van der Waals surface area contributed by atoms with Crippen LogP contribution in [-0.4, -0.2) is 42.0 Å². The van der Waals surface area contributed by atoms with E-state index in [1.165, 1.54) is 6.33 Å². The maximum atomic E-state index is 12.5. The van der Waals surface area contributed by atoms with Gasteiger partial charge in [-0.3, -0.25) is 4.79 Å². The lowest BCUT2D eigenvalue weighted by atomic mass is 10.3. The number of fused-ring (bicyclic) bond motifs is 1. The van der Waals surface area contributed by atoms with E-state index in [2.05, 4.69) is 25.5 Å². The molecule has 5 rings (SSSR count). The van der Waals surface area contributed by atoms with Crippen LogP contribution in [0.25, 0.3) is 22.5 Å². The zero-order valence-electron chi connectivity index (χ0n) is 17.5. The van der Waals surface area contributed by atoms with E-state index < -0.39 is 0 Å². The Labute approximate surface area is 193 Å². The molecule has 33 heavy (non-hydrogen) atoms. The van der Waals surface area contributed by atoms with E-state index in [1.807, 2.05) is 37.3 Å². The number of ether oxygens (including phenoxy) is 1. The van der Waals surface area contributed by atoms with Crippen molar-refractivity contribution in [3.63, 3.8) is 0 Å². The SMILES string of the molecule is Cc1cc(NC(=O)COc2ccccc2)n(-c2ncnc3c2cnn3-c2cccc(Cl)c2)n1. The van der Waals surface area contributed by atoms with Gasteiger partial charge in [0, 0.05) is 11.1 Å². The van der Waals surface area contributed by atoms with E-state index in [0.717, 1.165) is 5.69 Å². The van der Waals surface area contributed by atoms with Crippen molar-refractivity contribution < 1.29 is 9.53 Å². The van der Waals surface area contributed by atoms with Crippen molar-refractivity contribution in [2.45, 2.75) is 6.92 Å². The third-order valence-electron chi connectivity index (χ3n) is 4.81. The lowest BCUT2D eigenvalue weighted by Gasteiger charge is -2.10. The predicted molar refractivity (Wildman–Crippen MR) is 124 cm³/mol. The Bertz CT molecular complexity index is 1450. The molecule has 9 nitrogen and oxygen atoms in total. The summed E-state index contributed by atoms with van der Waals surface area (Å²) >= 11 is 6.14. The fraction of sp³-hybridized carbons (Fsp3) is 0.0870. The first-order valence-electron chi connectivity index (χ1n) is 10.1. The summed E-state index contributed by atoms with van der Waals surface area (Å²) in [7, 11) is 0. The molecule has 0 bridgehead atoms. The van der Waals surface area contributed by atoms with Gasteiger partial charge in [-0.05, 0) is 37.3 Å². The summed E-state index contributed by atoms with van der Waals surface area (Å²) in [5.41, 5.74) is 2.06. The number of para-hydroxylation sites is 1. The number of anilines is 1. The lowest BCUT2D eigenvalue weighted by Crippen LogP contribution is -2.22. The molecule has 1 amide bonds. The van der Waals surface area contributed by atoms with E-state index in [-0.39, 0.29) is 12.5 Å². The molecule has 0 unspecified atom stereocenters. The second-order valence-electron chi connectivity index (χ2n) is 7.20. The van der Waals surface area contributed by atoms with Crippen molar-refractivity contribution in [3.05, 3.63) is 83.9 Å². The number of rotatable bonds is 6. The molecule has 0 saturated heterocycles. The van der Waals surface area contributed by atoms with Crippen molar-refractivity contribution in [1.82, 2.24) is 29.5 Å². The van der Waals surface area contributed by atoms with Crippen LogP contribution in [0.5, 0.6) is 5.75 Å². The normalized spacial score (nSPS) is 11.0. The smallest absolute Gasteiger partial charge is 0.263 e. The van der Waals surface area contributed by atoms with Gasteiger partial charge in [-0.2, -0.15) is 14.9 Å².